The fourth-order valence-electron chi connectivity index (χ4n) is 1.17. The summed E-state index contributed by atoms with van der Waals surface area (Å²) in [6.45, 7) is 2.50. The van der Waals surface area contributed by atoms with Crippen molar-refractivity contribution in [3.05, 3.63) is 0 Å². The van der Waals surface area contributed by atoms with E-state index >= 15 is 0 Å². The number of rotatable bonds is 0. The highest BCUT2D eigenvalue weighted by atomic mass is 79.9. The quantitative estimate of drug-likeness (QED) is 0.510. The van der Waals surface area contributed by atoms with Crippen LogP contribution in [0.1, 0.15) is 25.7 Å². The second-order valence-corrected chi connectivity index (χ2v) is 3.73. The molecule has 0 aliphatic carbocycles. The van der Waals surface area contributed by atoms with Crippen molar-refractivity contribution in [1.29, 1.82) is 0 Å². The van der Waals surface area contributed by atoms with Crippen molar-refractivity contribution in [3.63, 3.8) is 0 Å². The normalized spacial score (nSPS) is 21.8. The SMILES string of the molecule is C1CCNC1.O=C1CCC(=O)N1Br. The molecule has 2 heterocycles. The van der Waals surface area contributed by atoms with Gasteiger partial charge >= 0.3 is 0 Å². The minimum absolute atomic E-state index is 0.144. The summed E-state index contributed by atoms with van der Waals surface area (Å²) in [6.07, 6.45) is 3.48. The summed E-state index contributed by atoms with van der Waals surface area (Å²) in [5.41, 5.74) is 0. The van der Waals surface area contributed by atoms with Crippen molar-refractivity contribution in [2.24, 2.45) is 0 Å². The van der Waals surface area contributed by atoms with Crippen molar-refractivity contribution >= 4 is 28.0 Å². The van der Waals surface area contributed by atoms with Crippen LogP contribution in [0.4, 0.5) is 0 Å². The fourth-order valence-corrected chi connectivity index (χ4v) is 1.53. The molecule has 0 bridgehead atoms. The van der Waals surface area contributed by atoms with E-state index in [4.69, 9.17) is 0 Å². The Balaban J connectivity index is 0.000000145. The molecule has 2 amide bonds. The van der Waals surface area contributed by atoms with Crippen LogP contribution in [-0.4, -0.2) is 28.8 Å². The predicted molar refractivity (Wildman–Crippen MR) is 52.1 cm³/mol. The van der Waals surface area contributed by atoms with Crippen molar-refractivity contribution < 1.29 is 9.59 Å². The van der Waals surface area contributed by atoms with Crippen LogP contribution in [0.15, 0.2) is 0 Å². The number of imide groups is 1. The molecule has 0 unspecified atom stereocenters. The maximum absolute atomic E-state index is 10.4. The Kier molecular flexibility index (Phi) is 4.38. The maximum Gasteiger partial charge on any atom is 0.239 e. The summed E-state index contributed by atoms with van der Waals surface area (Å²) in [4.78, 5) is 20.9. The third kappa shape index (κ3) is 3.44. The first-order valence-electron chi connectivity index (χ1n) is 4.44. The van der Waals surface area contributed by atoms with Gasteiger partial charge in [-0.1, -0.05) is 0 Å². The maximum atomic E-state index is 10.4. The van der Waals surface area contributed by atoms with E-state index in [0.717, 1.165) is 3.93 Å². The molecule has 74 valence electrons. The summed E-state index contributed by atoms with van der Waals surface area (Å²) in [7, 11) is 0. The molecular formula is C8H13BrN2O2. The van der Waals surface area contributed by atoms with Crippen LogP contribution in [0.5, 0.6) is 0 Å². The van der Waals surface area contributed by atoms with E-state index in [1.807, 2.05) is 0 Å². The summed E-state index contributed by atoms with van der Waals surface area (Å²) >= 11 is 2.80. The van der Waals surface area contributed by atoms with Crippen LogP contribution in [0, 0.1) is 0 Å². The zero-order valence-electron chi connectivity index (χ0n) is 7.38. The molecule has 0 atom stereocenters. The minimum Gasteiger partial charge on any atom is -0.317 e. The molecule has 0 aromatic rings. The van der Waals surface area contributed by atoms with Gasteiger partial charge in [0.1, 0.15) is 0 Å². The zero-order chi connectivity index (χ0) is 9.68. The van der Waals surface area contributed by atoms with E-state index in [2.05, 4.69) is 21.5 Å². The van der Waals surface area contributed by atoms with Gasteiger partial charge < -0.3 is 5.32 Å². The number of carbonyl (C=O) groups excluding carboxylic acids is 2. The van der Waals surface area contributed by atoms with Crippen molar-refractivity contribution in [1.82, 2.24) is 9.24 Å². The standard InChI is InChI=1S/C4H4BrNO2.C4H9N/c5-6-3(7)1-2-4(6)8;1-2-4-5-3-1/h1-2H2;5H,1-4H2. The molecular weight excluding hydrogens is 236 g/mol. The van der Waals surface area contributed by atoms with Crippen LogP contribution >= 0.6 is 16.1 Å². The van der Waals surface area contributed by atoms with E-state index < -0.39 is 0 Å². The lowest BCUT2D eigenvalue weighted by Crippen LogP contribution is -2.16. The van der Waals surface area contributed by atoms with Gasteiger partial charge in [-0.05, 0) is 25.9 Å². The first-order chi connectivity index (χ1) is 6.22. The number of amides is 2. The topological polar surface area (TPSA) is 49.4 Å². The molecule has 0 spiro atoms. The van der Waals surface area contributed by atoms with Gasteiger partial charge in [0.05, 0.1) is 16.1 Å². The molecule has 4 nitrogen and oxygen atoms in total. The number of hydrogen-bond donors (Lipinski definition) is 1. The average molecular weight is 249 g/mol. The third-order valence-electron chi connectivity index (χ3n) is 1.95. The number of hydrogen-bond acceptors (Lipinski definition) is 3. The second kappa shape index (κ2) is 5.34. The lowest BCUT2D eigenvalue weighted by molar-refractivity contribution is -0.131. The van der Waals surface area contributed by atoms with E-state index in [-0.39, 0.29) is 11.8 Å². The van der Waals surface area contributed by atoms with Crippen LogP contribution < -0.4 is 5.32 Å². The number of nitrogens with one attached hydrogen (secondary N) is 1. The van der Waals surface area contributed by atoms with Gasteiger partial charge in [0.25, 0.3) is 0 Å². The first-order valence-corrected chi connectivity index (χ1v) is 5.15. The average Bonchev–Trinajstić information content (AvgIpc) is 2.75. The van der Waals surface area contributed by atoms with E-state index in [1.54, 1.807) is 0 Å². The van der Waals surface area contributed by atoms with E-state index in [9.17, 15) is 9.59 Å². The van der Waals surface area contributed by atoms with Crippen molar-refractivity contribution in [2.75, 3.05) is 13.1 Å². The Hall–Kier alpha value is -0.420. The van der Waals surface area contributed by atoms with Gasteiger partial charge in [-0.3, -0.25) is 9.59 Å². The Labute approximate surface area is 86.0 Å². The van der Waals surface area contributed by atoms with E-state index in [1.165, 1.54) is 25.9 Å². The third-order valence-corrected chi connectivity index (χ3v) is 2.74. The molecule has 0 saturated carbocycles. The Morgan fingerprint density at radius 1 is 1.08 bits per heavy atom. The molecule has 0 aromatic carbocycles. The highest BCUT2D eigenvalue weighted by molar-refractivity contribution is 9.08. The molecule has 2 aliphatic rings. The van der Waals surface area contributed by atoms with Gasteiger partial charge in [-0.15, -0.1) is 0 Å². The summed E-state index contributed by atoms with van der Waals surface area (Å²) < 4.78 is 0.979. The molecule has 2 fully saturated rings. The van der Waals surface area contributed by atoms with Gasteiger partial charge in [-0.2, -0.15) is 0 Å². The molecule has 2 saturated heterocycles. The number of nitrogens with zero attached hydrogens (tertiary/aromatic N) is 1. The smallest absolute Gasteiger partial charge is 0.239 e. The van der Waals surface area contributed by atoms with Crippen LogP contribution in [0.2, 0.25) is 0 Å². The molecule has 2 aliphatic heterocycles. The fraction of sp³-hybridized carbons (Fsp3) is 0.750. The van der Waals surface area contributed by atoms with E-state index in [0.29, 0.717) is 12.8 Å². The lowest BCUT2D eigenvalue weighted by atomic mass is 10.4. The van der Waals surface area contributed by atoms with Gasteiger partial charge in [0.2, 0.25) is 11.8 Å². The Bertz CT molecular complexity index is 181. The summed E-state index contributed by atoms with van der Waals surface area (Å²) in [5.74, 6) is -0.287. The second-order valence-electron chi connectivity index (χ2n) is 3.03. The van der Waals surface area contributed by atoms with Gasteiger partial charge in [0, 0.05) is 12.8 Å². The molecule has 1 N–H and O–H groups in total. The Morgan fingerprint density at radius 3 is 1.69 bits per heavy atom. The Morgan fingerprint density at radius 2 is 1.54 bits per heavy atom. The minimum atomic E-state index is -0.144. The molecule has 5 heteroatoms. The molecule has 2 rings (SSSR count). The molecule has 0 aromatic heterocycles. The number of halogens is 1. The van der Waals surface area contributed by atoms with Crippen LogP contribution in [0.25, 0.3) is 0 Å². The zero-order valence-corrected chi connectivity index (χ0v) is 8.97. The summed E-state index contributed by atoms with van der Waals surface area (Å²) in [6, 6.07) is 0. The largest absolute Gasteiger partial charge is 0.317 e. The van der Waals surface area contributed by atoms with Gasteiger partial charge in [-0.25, -0.2) is 3.93 Å². The number of carbonyl (C=O) groups is 2. The summed E-state index contributed by atoms with van der Waals surface area (Å²) in [5, 5.41) is 3.22. The monoisotopic (exact) mass is 248 g/mol. The molecule has 0 radical (unpaired) electrons. The first kappa shape index (κ1) is 10.7. The van der Waals surface area contributed by atoms with Crippen molar-refractivity contribution in [2.45, 2.75) is 25.7 Å². The van der Waals surface area contributed by atoms with Crippen LogP contribution in [-0.2, 0) is 9.59 Å². The van der Waals surface area contributed by atoms with Gasteiger partial charge in [0.15, 0.2) is 0 Å². The van der Waals surface area contributed by atoms with Crippen LogP contribution in [0.3, 0.4) is 0 Å². The lowest BCUT2D eigenvalue weighted by Gasteiger charge is -1.97. The molecule has 13 heavy (non-hydrogen) atoms. The highest BCUT2D eigenvalue weighted by Gasteiger charge is 2.26. The van der Waals surface area contributed by atoms with Crippen molar-refractivity contribution in [3.8, 4) is 0 Å². The predicted octanol–water partition coefficient (Wildman–Crippen LogP) is 0.815. The highest BCUT2D eigenvalue weighted by Crippen LogP contribution is 2.14.